The average molecular weight is 379 g/mol. The molecule has 8 heteroatoms. The van der Waals surface area contributed by atoms with E-state index in [1.807, 2.05) is 19.1 Å². The molecule has 8 nitrogen and oxygen atoms in total. The summed E-state index contributed by atoms with van der Waals surface area (Å²) in [6, 6.07) is 12.3. The van der Waals surface area contributed by atoms with E-state index in [9.17, 15) is 14.4 Å². The molecule has 0 atom stereocenters. The minimum Gasteiger partial charge on any atom is -0.454 e. The number of carbonyl (C=O) groups excluding carboxylic acids is 1. The van der Waals surface area contributed by atoms with E-state index in [4.69, 9.17) is 9.47 Å². The molecule has 1 aliphatic heterocycles. The highest BCUT2D eigenvalue weighted by atomic mass is 16.7. The van der Waals surface area contributed by atoms with Gasteiger partial charge in [0.25, 0.3) is 11.5 Å². The van der Waals surface area contributed by atoms with E-state index in [-0.39, 0.29) is 18.9 Å². The van der Waals surface area contributed by atoms with E-state index < -0.39 is 17.2 Å². The molecule has 0 aliphatic carbocycles. The number of nitrogens with one attached hydrogen (secondary N) is 2. The molecule has 4 rings (SSSR count). The molecule has 1 aromatic heterocycles. The lowest BCUT2D eigenvalue weighted by molar-refractivity contribution is 0.102. The first kappa shape index (κ1) is 17.6. The van der Waals surface area contributed by atoms with Gasteiger partial charge in [-0.25, -0.2) is 4.79 Å². The Morgan fingerprint density at radius 2 is 1.86 bits per heavy atom. The van der Waals surface area contributed by atoms with Gasteiger partial charge in [0.1, 0.15) is 5.56 Å². The number of ether oxygens (including phenoxy) is 2. The van der Waals surface area contributed by atoms with Crippen molar-refractivity contribution in [3.05, 3.63) is 86.2 Å². The molecule has 0 saturated heterocycles. The van der Waals surface area contributed by atoms with Gasteiger partial charge in [-0.3, -0.25) is 14.2 Å². The van der Waals surface area contributed by atoms with Gasteiger partial charge in [0.15, 0.2) is 11.5 Å². The van der Waals surface area contributed by atoms with Crippen LogP contribution in [0.5, 0.6) is 11.5 Å². The summed E-state index contributed by atoms with van der Waals surface area (Å²) in [5.74, 6) is 0.566. The third kappa shape index (κ3) is 3.39. The first-order valence-electron chi connectivity index (χ1n) is 8.60. The number of rotatable bonds is 4. The fraction of sp³-hybridized carbons (Fsp3) is 0.150. The molecule has 1 aliphatic rings. The number of nitrogens with zero attached hydrogens (tertiary/aromatic N) is 1. The molecule has 0 bridgehead atoms. The van der Waals surface area contributed by atoms with Gasteiger partial charge < -0.3 is 19.8 Å². The molecule has 0 fully saturated rings. The van der Waals surface area contributed by atoms with Crippen molar-refractivity contribution in [1.82, 2.24) is 9.55 Å². The van der Waals surface area contributed by atoms with E-state index in [1.54, 1.807) is 30.3 Å². The second-order valence-electron chi connectivity index (χ2n) is 6.41. The van der Waals surface area contributed by atoms with Crippen molar-refractivity contribution in [1.29, 1.82) is 0 Å². The van der Waals surface area contributed by atoms with Crippen LogP contribution in [0.15, 0.2) is 58.3 Å². The first-order valence-corrected chi connectivity index (χ1v) is 8.60. The maximum atomic E-state index is 12.7. The monoisotopic (exact) mass is 379 g/mol. The van der Waals surface area contributed by atoms with Crippen LogP contribution in [0.25, 0.3) is 0 Å². The first-order chi connectivity index (χ1) is 13.5. The second-order valence-corrected chi connectivity index (χ2v) is 6.41. The Kier molecular flexibility index (Phi) is 4.44. The van der Waals surface area contributed by atoms with Crippen molar-refractivity contribution >= 4 is 11.6 Å². The summed E-state index contributed by atoms with van der Waals surface area (Å²) < 4.78 is 11.5. The molecule has 142 valence electrons. The van der Waals surface area contributed by atoms with Gasteiger partial charge in [-0.05, 0) is 36.8 Å². The predicted molar refractivity (Wildman–Crippen MR) is 102 cm³/mol. The quantitative estimate of drug-likeness (QED) is 0.721. The molecule has 2 heterocycles. The van der Waals surface area contributed by atoms with E-state index in [1.165, 1.54) is 0 Å². The number of hydrogen-bond donors (Lipinski definition) is 2. The summed E-state index contributed by atoms with van der Waals surface area (Å²) in [6.45, 7) is 2.06. The van der Waals surface area contributed by atoms with Crippen LogP contribution in [-0.2, 0) is 6.54 Å². The Morgan fingerprint density at radius 3 is 2.64 bits per heavy atom. The number of H-pyrrole nitrogens is 1. The van der Waals surface area contributed by atoms with Crippen LogP contribution in [0.3, 0.4) is 0 Å². The second kappa shape index (κ2) is 7.07. The zero-order valence-corrected chi connectivity index (χ0v) is 15.0. The number of carbonyl (C=O) groups is 1. The molecule has 28 heavy (non-hydrogen) atoms. The molecular formula is C20H17N3O5. The van der Waals surface area contributed by atoms with Gasteiger partial charge in [0.2, 0.25) is 6.79 Å². The highest BCUT2D eigenvalue weighted by molar-refractivity contribution is 6.03. The molecule has 0 saturated carbocycles. The SMILES string of the molecule is Cc1ccc(NC(=O)c2c[nH]c(=O)n(Cc3ccc4c(c3)OCO4)c2=O)cc1. The summed E-state index contributed by atoms with van der Waals surface area (Å²) in [6.07, 6.45) is 1.13. The summed E-state index contributed by atoms with van der Waals surface area (Å²) in [5, 5.41) is 2.66. The van der Waals surface area contributed by atoms with E-state index >= 15 is 0 Å². The van der Waals surface area contributed by atoms with Crippen molar-refractivity contribution in [3.8, 4) is 11.5 Å². The number of anilines is 1. The van der Waals surface area contributed by atoms with Gasteiger partial charge in [0, 0.05) is 11.9 Å². The Hall–Kier alpha value is -3.81. The van der Waals surface area contributed by atoms with Gasteiger partial charge in [-0.1, -0.05) is 23.8 Å². The molecule has 0 spiro atoms. The van der Waals surface area contributed by atoms with Gasteiger partial charge in [-0.2, -0.15) is 0 Å². The van der Waals surface area contributed by atoms with Crippen molar-refractivity contribution in [3.63, 3.8) is 0 Å². The minimum atomic E-state index is -0.675. The van der Waals surface area contributed by atoms with Crippen LogP contribution in [0.1, 0.15) is 21.5 Å². The lowest BCUT2D eigenvalue weighted by Crippen LogP contribution is -2.39. The van der Waals surface area contributed by atoms with Crippen molar-refractivity contribution in [2.45, 2.75) is 13.5 Å². The standard InChI is InChI=1S/C20H17N3O5/c1-12-2-5-14(6-3-12)22-18(24)15-9-21-20(26)23(19(15)25)10-13-4-7-16-17(8-13)28-11-27-16/h2-9H,10-11H2,1H3,(H,21,26)(H,22,24). The van der Waals surface area contributed by atoms with Crippen molar-refractivity contribution < 1.29 is 14.3 Å². The van der Waals surface area contributed by atoms with Crippen molar-refractivity contribution in [2.75, 3.05) is 12.1 Å². The lowest BCUT2D eigenvalue weighted by atomic mass is 10.2. The Labute approximate surface area is 159 Å². The maximum absolute atomic E-state index is 12.7. The number of aromatic amines is 1. The van der Waals surface area contributed by atoms with Crippen LogP contribution in [0.2, 0.25) is 0 Å². The third-order valence-electron chi connectivity index (χ3n) is 4.39. The molecule has 2 N–H and O–H groups in total. The Balaban J connectivity index is 1.62. The lowest BCUT2D eigenvalue weighted by Gasteiger charge is -2.09. The van der Waals surface area contributed by atoms with E-state index in [0.29, 0.717) is 22.7 Å². The maximum Gasteiger partial charge on any atom is 0.328 e. The molecule has 3 aromatic rings. The summed E-state index contributed by atoms with van der Waals surface area (Å²) in [4.78, 5) is 39.9. The topological polar surface area (TPSA) is 102 Å². The van der Waals surface area contributed by atoms with Crippen LogP contribution in [0, 0.1) is 6.92 Å². The zero-order valence-electron chi connectivity index (χ0n) is 15.0. The van der Waals surface area contributed by atoms with Crippen LogP contribution in [0.4, 0.5) is 5.69 Å². The van der Waals surface area contributed by atoms with Crippen molar-refractivity contribution in [2.24, 2.45) is 0 Å². The third-order valence-corrected chi connectivity index (χ3v) is 4.39. The van der Waals surface area contributed by atoms with Gasteiger partial charge in [0.05, 0.1) is 6.54 Å². The van der Waals surface area contributed by atoms with Crippen LogP contribution >= 0.6 is 0 Å². The average Bonchev–Trinajstić information content (AvgIpc) is 3.14. The number of aryl methyl sites for hydroxylation is 1. The van der Waals surface area contributed by atoms with Crippen LogP contribution < -0.4 is 26.0 Å². The largest absolute Gasteiger partial charge is 0.454 e. The minimum absolute atomic E-state index is 0.00351. The highest BCUT2D eigenvalue weighted by Crippen LogP contribution is 2.32. The molecule has 0 radical (unpaired) electrons. The smallest absolute Gasteiger partial charge is 0.328 e. The highest BCUT2D eigenvalue weighted by Gasteiger charge is 2.17. The number of benzene rings is 2. The predicted octanol–water partition coefficient (Wildman–Crippen LogP) is 1.87. The van der Waals surface area contributed by atoms with E-state index in [2.05, 4.69) is 10.3 Å². The molecule has 0 unspecified atom stereocenters. The molecule has 2 aromatic carbocycles. The van der Waals surface area contributed by atoms with Crippen LogP contribution in [-0.4, -0.2) is 22.3 Å². The molecule has 1 amide bonds. The summed E-state index contributed by atoms with van der Waals surface area (Å²) in [5.41, 5.74) is 0.853. The van der Waals surface area contributed by atoms with Gasteiger partial charge in [-0.15, -0.1) is 0 Å². The fourth-order valence-corrected chi connectivity index (χ4v) is 2.87. The zero-order chi connectivity index (χ0) is 19.7. The Morgan fingerprint density at radius 1 is 1.11 bits per heavy atom. The van der Waals surface area contributed by atoms with E-state index in [0.717, 1.165) is 16.3 Å². The Bertz CT molecular complexity index is 1160. The normalized spacial score (nSPS) is 12.0. The number of hydrogen-bond acceptors (Lipinski definition) is 5. The fourth-order valence-electron chi connectivity index (χ4n) is 2.87. The van der Waals surface area contributed by atoms with Gasteiger partial charge >= 0.3 is 5.69 Å². The molecular weight excluding hydrogens is 362 g/mol. The summed E-state index contributed by atoms with van der Waals surface area (Å²) >= 11 is 0. The number of aromatic nitrogens is 2. The number of amides is 1. The number of fused-ring (bicyclic) bond motifs is 1. The summed E-state index contributed by atoms with van der Waals surface area (Å²) in [7, 11) is 0.